The summed E-state index contributed by atoms with van der Waals surface area (Å²) in [5.74, 6) is -0.977. The predicted octanol–water partition coefficient (Wildman–Crippen LogP) is 1.70. The Balaban J connectivity index is 2.27. The first-order chi connectivity index (χ1) is 9.52. The third-order valence-electron chi connectivity index (χ3n) is 3.16. The minimum absolute atomic E-state index is 0.178. The Kier molecular flexibility index (Phi) is 4.44. The summed E-state index contributed by atoms with van der Waals surface area (Å²) in [6, 6.07) is 6.73. The monoisotopic (exact) mass is 292 g/mol. The molecule has 1 aromatic carbocycles. The third kappa shape index (κ3) is 3.01. The molecule has 0 spiro atoms. The molecule has 1 heterocycles. The Hall–Kier alpha value is -1.82. The molecule has 0 bridgehead atoms. The van der Waals surface area contributed by atoms with E-state index in [2.05, 4.69) is 17.7 Å². The SMILES string of the molecule is Cc1ccc(C2=NN(C(=O)CCS)C(C(=O)O)C2)cc1. The van der Waals surface area contributed by atoms with Crippen LogP contribution in [0.5, 0.6) is 0 Å². The standard InChI is InChI=1S/C14H16N2O3S/c1-9-2-4-10(5-3-9)11-8-12(14(18)19)16(15-11)13(17)6-7-20/h2-5,12,20H,6-8H2,1H3,(H,18,19). The number of hydrogen-bond acceptors (Lipinski definition) is 4. The molecule has 0 aromatic heterocycles. The molecule has 20 heavy (non-hydrogen) atoms. The lowest BCUT2D eigenvalue weighted by Gasteiger charge is -2.17. The molecule has 5 nitrogen and oxygen atoms in total. The fraction of sp³-hybridized carbons (Fsp3) is 0.357. The summed E-state index contributed by atoms with van der Waals surface area (Å²) in [5.41, 5.74) is 2.60. The van der Waals surface area contributed by atoms with Gasteiger partial charge in [0.05, 0.1) is 5.71 Å². The smallest absolute Gasteiger partial charge is 0.329 e. The number of amides is 1. The summed E-state index contributed by atoms with van der Waals surface area (Å²) < 4.78 is 0. The van der Waals surface area contributed by atoms with Crippen LogP contribution in [0.25, 0.3) is 0 Å². The van der Waals surface area contributed by atoms with E-state index >= 15 is 0 Å². The van der Waals surface area contributed by atoms with Crippen molar-refractivity contribution in [2.45, 2.75) is 25.8 Å². The van der Waals surface area contributed by atoms with Crippen LogP contribution in [0.15, 0.2) is 29.4 Å². The molecular weight excluding hydrogens is 276 g/mol. The van der Waals surface area contributed by atoms with Gasteiger partial charge in [-0.15, -0.1) is 0 Å². The maximum absolute atomic E-state index is 11.9. The van der Waals surface area contributed by atoms with E-state index in [1.54, 1.807) is 0 Å². The summed E-state index contributed by atoms with van der Waals surface area (Å²) in [6.45, 7) is 1.98. The number of carbonyl (C=O) groups excluding carboxylic acids is 1. The second-order valence-electron chi connectivity index (χ2n) is 4.68. The van der Waals surface area contributed by atoms with Gasteiger partial charge in [0.15, 0.2) is 6.04 Å². The van der Waals surface area contributed by atoms with E-state index < -0.39 is 12.0 Å². The van der Waals surface area contributed by atoms with Crippen molar-refractivity contribution < 1.29 is 14.7 Å². The molecule has 0 saturated carbocycles. The predicted molar refractivity (Wildman–Crippen MR) is 79.1 cm³/mol. The van der Waals surface area contributed by atoms with E-state index in [0.717, 1.165) is 16.1 Å². The van der Waals surface area contributed by atoms with E-state index in [-0.39, 0.29) is 18.7 Å². The number of benzene rings is 1. The Morgan fingerprint density at radius 1 is 1.40 bits per heavy atom. The quantitative estimate of drug-likeness (QED) is 0.830. The second-order valence-corrected chi connectivity index (χ2v) is 5.13. The van der Waals surface area contributed by atoms with E-state index in [0.29, 0.717) is 11.5 Å². The Morgan fingerprint density at radius 3 is 2.60 bits per heavy atom. The minimum Gasteiger partial charge on any atom is -0.480 e. The molecule has 0 aliphatic carbocycles. The molecule has 0 saturated heterocycles. The van der Waals surface area contributed by atoms with Gasteiger partial charge in [0, 0.05) is 12.8 Å². The number of aliphatic carboxylic acids is 1. The lowest BCUT2D eigenvalue weighted by molar-refractivity contribution is -0.148. The van der Waals surface area contributed by atoms with Gasteiger partial charge in [-0.05, 0) is 18.2 Å². The van der Waals surface area contributed by atoms with Crippen LogP contribution in [-0.2, 0) is 9.59 Å². The van der Waals surface area contributed by atoms with Crippen LogP contribution in [0.2, 0.25) is 0 Å². The number of carboxylic acids is 1. The van der Waals surface area contributed by atoms with Crippen molar-refractivity contribution in [3.8, 4) is 0 Å². The molecule has 2 rings (SSSR count). The molecule has 1 N–H and O–H groups in total. The maximum Gasteiger partial charge on any atom is 0.329 e. The molecule has 1 atom stereocenters. The summed E-state index contributed by atoms with van der Waals surface area (Å²) >= 11 is 3.99. The zero-order valence-corrected chi connectivity index (χ0v) is 12.0. The first-order valence-corrected chi connectivity index (χ1v) is 6.96. The fourth-order valence-corrected chi connectivity index (χ4v) is 2.25. The van der Waals surface area contributed by atoms with Gasteiger partial charge >= 0.3 is 5.97 Å². The first-order valence-electron chi connectivity index (χ1n) is 6.33. The zero-order chi connectivity index (χ0) is 14.7. The van der Waals surface area contributed by atoms with Crippen LogP contribution in [0.4, 0.5) is 0 Å². The van der Waals surface area contributed by atoms with Crippen LogP contribution in [0.1, 0.15) is 24.0 Å². The van der Waals surface area contributed by atoms with Gasteiger partial charge in [0.25, 0.3) is 0 Å². The van der Waals surface area contributed by atoms with Gasteiger partial charge in [0.2, 0.25) is 5.91 Å². The molecule has 0 radical (unpaired) electrons. The maximum atomic E-state index is 11.9. The van der Waals surface area contributed by atoms with Gasteiger partial charge < -0.3 is 5.11 Å². The highest BCUT2D eigenvalue weighted by atomic mass is 32.1. The van der Waals surface area contributed by atoms with Crippen LogP contribution < -0.4 is 0 Å². The number of aryl methyl sites for hydroxylation is 1. The molecule has 0 fully saturated rings. The molecule has 1 unspecified atom stereocenters. The van der Waals surface area contributed by atoms with Crippen molar-refractivity contribution in [1.82, 2.24) is 5.01 Å². The third-order valence-corrected chi connectivity index (χ3v) is 3.39. The first kappa shape index (κ1) is 14.6. The van der Waals surface area contributed by atoms with Crippen molar-refractivity contribution in [2.24, 2.45) is 5.10 Å². The number of hydrazone groups is 1. The fourth-order valence-electron chi connectivity index (χ4n) is 2.06. The van der Waals surface area contributed by atoms with Crippen LogP contribution in [-0.4, -0.2) is 39.5 Å². The number of carbonyl (C=O) groups is 2. The number of thiol groups is 1. The van der Waals surface area contributed by atoms with Gasteiger partial charge in [-0.1, -0.05) is 29.8 Å². The second kappa shape index (κ2) is 6.09. The molecule has 1 aliphatic rings. The van der Waals surface area contributed by atoms with Crippen molar-refractivity contribution in [3.63, 3.8) is 0 Å². The highest BCUT2D eigenvalue weighted by molar-refractivity contribution is 7.80. The van der Waals surface area contributed by atoms with Gasteiger partial charge in [-0.3, -0.25) is 4.79 Å². The number of hydrogen-bond donors (Lipinski definition) is 2. The minimum atomic E-state index is -1.04. The molecule has 1 aromatic rings. The number of nitrogens with zero attached hydrogens (tertiary/aromatic N) is 2. The molecule has 1 aliphatic heterocycles. The normalized spacial score (nSPS) is 18.0. The van der Waals surface area contributed by atoms with Crippen molar-refractivity contribution in [3.05, 3.63) is 35.4 Å². The van der Waals surface area contributed by atoms with Crippen LogP contribution in [0, 0.1) is 6.92 Å². The summed E-state index contributed by atoms with van der Waals surface area (Å²) in [5, 5.41) is 14.5. The lowest BCUT2D eigenvalue weighted by atomic mass is 10.0. The highest BCUT2D eigenvalue weighted by Crippen LogP contribution is 2.21. The van der Waals surface area contributed by atoms with Gasteiger partial charge in [0.1, 0.15) is 0 Å². The molecule has 6 heteroatoms. The van der Waals surface area contributed by atoms with E-state index in [1.807, 2.05) is 31.2 Å². The van der Waals surface area contributed by atoms with Gasteiger partial charge in [-0.25, -0.2) is 9.80 Å². The van der Waals surface area contributed by atoms with E-state index in [4.69, 9.17) is 0 Å². The van der Waals surface area contributed by atoms with Crippen molar-refractivity contribution in [2.75, 3.05) is 5.75 Å². The van der Waals surface area contributed by atoms with Crippen LogP contribution in [0.3, 0.4) is 0 Å². The topological polar surface area (TPSA) is 70.0 Å². The van der Waals surface area contributed by atoms with Crippen molar-refractivity contribution in [1.29, 1.82) is 0 Å². The van der Waals surface area contributed by atoms with E-state index in [9.17, 15) is 14.7 Å². The number of carboxylic acid groups (broad SMARTS) is 1. The summed E-state index contributed by atoms with van der Waals surface area (Å²) in [4.78, 5) is 23.2. The molecular formula is C14H16N2O3S. The Labute approximate surface area is 122 Å². The lowest BCUT2D eigenvalue weighted by Crippen LogP contribution is -2.38. The van der Waals surface area contributed by atoms with Crippen molar-refractivity contribution >= 4 is 30.2 Å². The average molecular weight is 292 g/mol. The molecule has 106 valence electrons. The summed E-state index contributed by atoms with van der Waals surface area (Å²) in [7, 11) is 0. The van der Waals surface area contributed by atoms with Gasteiger partial charge in [-0.2, -0.15) is 17.7 Å². The van der Waals surface area contributed by atoms with Crippen LogP contribution >= 0.6 is 12.6 Å². The zero-order valence-electron chi connectivity index (χ0n) is 11.1. The average Bonchev–Trinajstić information content (AvgIpc) is 2.85. The number of rotatable bonds is 4. The highest BCUT2D eigenvalue weighted by Gasteiger charge is 2.36. The van der Waals surface area contributed by atoms with E-state index in [1.165, 1.54) is 0 Å². The molecule has 1 amide bonds. The Morgan fingerprint density at radius 2 is 2.05 bits per heavy atom. The Bertz CT molecular complexity index is 554. The largest absolute Gasteiger partial charge is 0.480 e. The summed E-state index contributed by atoms with van der Waals surface area (Å²) in [6.07, 6.45) is 0.411.